The molecule has 0 aliphatic heterocycles. The highest BCUT2D eigenvalue weighted by Gasteiger charge is 2.23. The van der Waals surface area contributed by atoms with Crippen LogP contribution in [0.2, 0.25) is 0 Å². The van der Waals surface area contributed by atoms with Gasteiger partial charge in [-0.25, -0.2) is 0 Å². The van der Waals surface area contributed by atoms with Crippen molar-refractivity contribution in [3.05, 3.63) is 35.4 Å². The average molecular weight is 289 g/mol. The molecule has 0 radical (unpaired) electrons. The van der Waals surface area contributed by atoms with Gasteiger partial charge in [0.15, 0.2) is 0 Å². The quantitative estimate of drug-likeness (QED) is 0.769. The van der Waals surface area contributed by atoms with Crippen molar-refractivity contribution < 1.29 is 9.90 Å². The molecule has 2 unspecified atom stereocenters. The van der Waals surface area contributed by atoms with Crippen molar-refractivity contribution in [2.75, 3.05) is 6.61 Å². The summed E-state index contributed by atoms with van der Waals surface area (Å²) in [6, 6.07) is 8.15. The van der Waals surface area contributed by atoms with Crippen LogP contribution in [0, 0.1) is 5.92 Å². The first kappa shape index (κ1) is 16.0. The second-order valence-corrected chi connectivity index (χ2v) is 6.17. The lowest BCUT2D eigenvalue weighted by molar-refractivity contribution is 0.0923. The first-order valence-electron chi connectivity index (χ1n) is 8.19. The van der Waals surface area contributed by atoms with Gasteiger partial charge in [-0.2, -0.15) is 0 Å². The van der Waals surface area contributed by atoms with Gasteiger partial charge in [-0.15, -0.1) is 0 Å². The number of amides is 1. The molecular formula is C18H27NO2. The highest BCUT2D eigenvalue weighted by atomic mass is 16.3. The third-order valence-corrected chi connectivity index (χ3v) is 4.50. The lowest BCUT2D eigenvalue weighted by atomic mass is 9.96. The molecule has 1 amide bonds. The van der Waals surface area contributed by atoms with Gasteiger partial charge in [0, 0.05) is 18.2 Å². The molecule has 1 fully saturated rings. The Morgan fingerprint density at radius 3 is 2.38 bits per heavy atom. The number of aliphatic hydroxyl groups is 1. The molecule has 116 valence electrons. The summed E-state index contributed by atoms with van der Waals surface area (Å²) in [6.45, 7) is 4.34. The smallest absolute Gasteiger partial charge is 0.251 e. The van der Waals surface area contributed by atoms with Crippen LogP contribution in [-0.4, -0.2) is 23.7 Å². The van der Waals surface area contributed by atoms with Crippen LogP contribution >= 0.6 is 0 Å². The monoisotopic (exact) mass is 289 g/mol. The molecule has 2 atom stereocenters. The fourth-order valence-electron chi connectivity index (χ4n) is 2.69. The maximum Gasteiger partial charge on any atom is 0.251 e. The van der Waals surface area contributed by atoms with Crippen molar-refractivity contribution >= 4 is 5.91 Å². The van der Waals surface area contributed by atoms with Gasteiger partial charge in [0.2, 0.25) is 0 Å². The Hall–Kier alpha value is -1.35. The largest absolute Gasteiger partial charge is 0.396 e. The number of hydrogen-bond acceptors (Lipinski definition) is 2. The number of hydrogen-bond donors (Lipinski definition) is 2. The van der Waals surface area contributed by atoms with Crippen LogP contribution in [0.3, 0.4) is 0 Å². The van der Waals surface area contributed by atoms with Crippen molar-refractivity contribution in [3.63, 3.8) is 0 Å². The van der Waals surface area contributed by atoms with Crippen molar-refractivity contribution in [1.82, 2.24) is 5.32 Å². The molecule has 2 N–H and O–H groups in total. The zero-order valence-electron chi connectivity index (χ0n) is 13.1. The van der Waals surface area contributed by atoms with Crippen LogP contribution in [0.25, 0.3) is 0 Å². The van der Waals surface area contributed by atoms with Crippen molar-refractivity contribution in [3.8, 4) is 0 Å². The molecule has 0 spiro atoms. The van der Waals surface area contributed by atoms with Gasteiger partial charge in [-0.05, 0) is 55.2 Å². The van der Waals surface area contributed by atoms with Gasteiger partial charge in [0.05, 0.1) is 0 Å². The van der Waals surface area contributed by atoms with Crippen molar-refractivity contribution in [2.24, 2.45) is 5.92 Å². The predicted molar refractivity (Wildman–Crippen MR) is 85.4 cm³/mol. The first-order chi connectivity index (χ1) is 10.2. The van der Waals surface area contributed by atoms with E-state index in [1.165, 1.54) is 18.4 Å². The van der Waals surface area contributed by atoms with E-state index in [0.29, 0.717) is 0 Å². The van der Waals surface area contributed by atoms with E-state index in [4.69, 9.17) is 0 Å². The minimum Gasteiger partial charge on any atom is -0.396 e. The Morgan fingerprint density at radius 2 is 1.90 bits per heavy atom. The summed E-state index contributed by atoms with van der Waals surface area (Å²) in [5.41, 5.74) is 2.08. The molecule has 1 aromatic carbocycles. The van der Waals surface area contributed by atoms with E-state index >= 15 is 0 Å². The number of carbonyl (C=O) groups is 1. The fourth-order valence-corrected chi connectivity index (χ4v) is 2.69. The van der Waals surface area contributed by atoms with Gasteiger partial charge < -0.3 is 10.4 Å². The summed E-state index contributed by atoms with van der Waals surface area (Å²) >= 11 is 0. The van der Waals surface area contributed by atoms with E-state index in [0.717, 1.165) is 30.7 Å². The zero-order chi connectivity index (χ0) is 15.2. The lowest BCUT2D eigenvalue weighted by Gasteiger charge is -2.21. The van der Waals surface area contributed by atoms with Crippen LogP contribution in [0.4, 0.5) is 0 Å². The Labute approximate surface area is 127 Å². The molecule has 3 nitrogen and oxygen atoms in total. The highest BCUT2D eigenvalue weighted by Crippen LogP contribution is 2.39. The number of benzene rings is 1. The molecule has 2 rings (SSSR count). The minimum absolute atomic E-state index is 0.00279. The van der Waals surface area contributed by atoms with Gasteiger partial charge in [0.25, 0.3) is 5.91 Å². The molecule has 1 aliphatic carbocycles. The first-order valence-corrected chi connectivity index (χ1v) is 8.19. The van der Waals surface area contributed by atoms with Crippen molar-refractivity contribution in [2.45, 2.75) is 57.9 Å². The Balaban J connectivity index is 1.91. The third-order valence-electron chi connectivity index (χ3n) is 4.50. The van der Waals surface area contributed by atoms with Crippen LogP contribution in [0.5, 0.6) is 0 Å². The number of nitrogens with one attached hydrogen (secondary N) is 1. The lowest BCUT2D eigenvalue weighted by Crippen LogP contribution is -2.36. The predicted octanol–water partition coefficient (Wildman–Crippen LogP) is 3.48. The van der Waals surface area contributed by atoms with E-state index in [1.807, 2.05) is 12.1 Å². The Kier molecular flexibility index (Phi) is 5.80. The van der Waals surface area contributed by atoms with Crippen LogP contribution < -0.4 is 5.32 Å². The Morgan fingerprint density at radius 1 is 1.24 bits per heavy atom. The van der Waals surface area contributed by atoms with E-state index in [-0.39, 0.29) is 24.5 Å². The van der Waals surface area contributed by atoms with Gasteiger partial charge in [-0.3, -0.25) is 4.79 Å². The third kappa shape index (κ3) is 4.57. The van der Waals surface area contributed by atoms with E-state index in [9.17, 15) is 9.90 Å². The molecule has 21 heavy (non-hydrogen) atoms. The summed E-state index contributed by atoms with van der Waals surface area (Å²) in [6.07, 6.45) is 5.24. The number of aliphatic hydroxyl groups excluding tert-OH is 1. The van der Waals surface area contributed by atoms with Crippen molar-refractivity contribution in [1.29, 1.82) is 0 Å². The summed E-state index contributed by atoms with van der Waals surface area (Å²) in [5, 5.41) is 12.4. The van der Waals surface area contributed by atoms with Crippen LogP contribution in [-0.2, 0) is 0 Å². The molecule has 0 saturated heterocycles. The van der Waals surface area contributed by atoms with E-state index in [2.05, 4.69) is 31.3 Å². The van der Waals surface area contributed by atoms with Gasteiger partial charge >= 0.3 is 0 Å². The second kappa shape index (κ2) is 7.60. The zero-order valence-corrected chi connectivity index (χ0v) is 13.1. The summed E-state index contributed by atoms with van der Waals surface area (Å²) in [4.78, 5) is 12.3. The molecule has 3 heteroatoms. The topological polar surface area (TPSA) is 49.3 Å². The molecule has 1 saturated carbocycles. The van der Waals surface area contributed by atoms with Gasteiger partial charge in [-0.1, -0.05) is 32.4 Å². The van der Waals surface area contributed by atoms with E-state index < -0.39 is 0 Å². The van der Waals surface area contributed by atoms with Crippen LogP contribution in [0.1, 0.15) is 67.8 Å². The maximum absolute atomic E-state index is 12.3. The van der Waals surface area contributed by atoms with Gasteiger partial charge in [0.1, 0.15) is 0 Å². The molecule has 1 aromatic rings. The standard InChI is InChI=1S/C18H27NO2/c1-3-13(12-20)11-17(4-2)19-18(21)16-9-7-15(8-10-16)14-5-6-14/h7-10,13-14,17,20H,3-6,11-12H2,1-2H3,(H,19,21). The number of rotatable bonds is 8. The molecular weight excluding hydrogens is 262 g/mol. The minimum atomic E-state index is -0.00279. The van der Waals surface area contributed by atoms with E-state index in [1.54, 1.807) is 0 Å². The molecule has 1 aliphatic rings. The SMILES string of the molecule is CCC(CO)CC(CC)NC(=O)c1ccc(C2CC2)cc1. The summed E-state index contributed by atoms with van der Waals surface area (Å²) in [7, 11) is 0. The maximum atomic E-state index is 12.3. The Bertz CT molecular complexity index is 447. The molecule has 0 bridgehead atoms. The fraction of sp³-hybridized carbons (Fsp3) is 0.611. The molecule has 0 heterocycles. The normalized spacial score (nSPS) is 17.3. The summed E-state index contributed by atoms with van der Waals surface area (Å²) in [5.74, 6) is 0.991. The number of carbonyl (C=O) groups excluding carboxylic acids is 1. The second-order valence-electron chi connectivity index (χ2n) is 6.17. The highest BCUT2D eigenvalue weighted by molar-refractivity contribution is 5.94. The van der Waals surface area contributed by atoms with Crippen LogP contribution in [0.15, 0.2) is 24.3 Å². The average Bonchev–Trinajstić information content (AvgIpc) is 3.36. The summed E-state index contributed by atoms with van der Waals surface area (Å²) < 4.78 is 0. The molecule has 0 aromatic heterocycles.